The van der Waals surface area contributed by atoms with Crippen LogP contribution in [0, 0.1) is 0 Å². The number of nitrogens with one attached hydrogen (secondary N) is 3. The van der Waals surface area contributed by atoms with Crippen molar-refractivity contribution in [3.8, 4) is 0 Å². The number of anilines is 5. The van der Waals surface area contributed by atoms with Gasteiger partial charge in [0, 0.05) is 23.6 Å². The zero-order valence-electron chi connectivity index (χ0n) is 15.7. The molecule has 0 bridgehead atoms. The second-order valence-corrected chi connectivity index (χ2v) is 7.93. The molecule has 0 saturated heterocycles. The van der Waals surface area contributed by atoms with Crippen LogP contribution in [0.3, 0.4) is 0 Å². The van der Waals surface area contributed by atoms with E-state index in [1.54, 1.807) is 66.9 Å². The maximum atomic E-state index is 12.4. The summed E-state index contributed by atoms with van der Waals surface area (Å²) in [5.74, 6) is 1.86. The van der Waals surface area contributed by atoms with Crippen molar-refractivity contribution in [3.63, 3.8) is 0 Å². The van der Waals surface area contributed by atoms with Gasteiger partial charge in [-0.15, -0.1) is 0 Å². The highest BCUT2D eigenvalue weighted by Crippen LogP contribution is 2.21. The summed E-state index contributed by atoms with van der Waals surface area (Å²) in [5, 5.41) is 6.26. The van der Waals surface area contributed by atoms with Gasteiger partial charge in [-0.1, -0.05) is 24.3 Å². The minimum Gasteiger partial charge on any atom is -0.340 e. The summed E-state index contributed by atoms with van der Waals surface area (Å²) in [6.07, 6.45) is 3.13. The quantitative estimate of drug-likeness (QED) is 0.413. The van der Waals surface area contributed by atoms with E-state index in [2.05, 4.69) is 30.3 Å². The monoisotopic (exact) mass is 418 g/mol. The Morgan fingerprint density at radius 2 is 1.30 bits per heavy atom. The van der Waals surface area contributed by atoms with Gasteiger partial charge in [0.05, 0.1) is 4.90 Å². The first-order chi connectivity index (χ1) is 14.6. The number of nitrogens with zero attached hydrogens (tertiary/aromatic N) is 3. The molecule has 0 radical (unpaired) electrons. The number of hydrogen-bond acceptors (Lipinski definition) is 7. The fraction of sp³-hybridized carbons (Fsp3) is 0. The van der Waals surface area contributed by atoms with Crippen LogP contribution in [-0.2, 0) is 10.0 Å². The Morgan fingerprint density at radius 1 is 0.633 bits per heavy atom. The molecule has 3 N–H and O–H groups in total. The SMILES string of the molecule is O=S(=O)(Nc1ccc(Nc2cc(Nc3ccccn3)ncn2)cc1)c1ccccc1. The van der Waals surface area contributed by atoms with E-state index in [9.17, 15) is 8.42 Å². The predicted molar refractivity (Wildman–Crippen MR) is 117 cm³/mol. The van der Waals surface area contributed by atoms with Crippen LogP contribution in [0.4, 0.5) is 28.8 Å². The zero-order chi connectivity index (χ0) is 20.8. The fourth-order valence-corrected chi connectivity index (χ4v) is 3.72. The zero-order valence-corrected chi connectivity index (χ0v) is 16.5. The molecule has 2 aromatic heterocycles. The van der Waals surface area contributed by atoms with Crippen LogP contribution in [0.1, 0.15) is 0 Å². The van der Waals surface area contributed by atoms with Crippen LogP contribution in [0.5, 0.6) is 0 Å². The van der Waals surface area contributed by atoms with Gasteiger partial charge >= 0.3 is 0 Å². The first kappa shape index (κ1) is 19.3. The molecule has 9 heteroatoms. The lowest BCUT2D eigenvalue weighted by molar-refractivity contribution is 0.601. The van der Waals surface area contributed by atoms with Gasteiger partial charge in [-0.3, -0.25) is 4.72 Å². The van der Waals surface area contributed by atoms with Crippen molar-refractivity contribution < 1.29 is 8.42 Å². The number of pyridine rings is 1. The average Bonchev–Trinajstić information content (AvgIpc) is 2.77. The second kappa shape index (κ2) is 8.58. The van der Waals surface area contributed by atoms with E-state index in [-0.39, 0.29) is 4.90 Å². The molecular formula is C21H18N6O2S. The van der Waals surface area contributed by atoms with Crippen molar-refractivity contribution >= 4 is 38.9 Å². The van der Waals surface area contributed by atoms with Gasteiger partial charge in [-0.05, 0) is 48.5 Å². The van der Waals surface area contributed by atoms with E-state index < -0.39 is 10.0 Å². The highest BCUT2D eigenvalue weighted by molar-refractivity contribution is 7.92. The number of aromatic nitrogens is 3. The second-order valence-electron chi connectivity index (χ2n) is 6.25. The Kier molecular flexibility index (Phi) is 5.53. The molecule has 0 saturated carbocycles. The van der Waals surface area contributed by atoms with Crippen molar-refractivity contribution in [1.82, 2.24) is 15.0 Å². The first-order valence-electron chi connectivity index (χ1n) is 9.04. The summed E-state index contributed by atoms with van der Waals surface area (Å²) in [6.45, 7) is 0. The largest absolute Gasteiger partial charge is 0.340 e. The molecule has 0 aliphatic rings. The fourth-order valence-electron chi connectivity index (χ4n) is 2.65. The summed E-state index contributed by atoms with van der Waals surface area (Å²) in [5.41, 5.74) is 1.21. The average molecular weight is 418 g/mol. The summed E-state index contributed by atoms with van der Waals surface area (Å²) in [6, 6.07) is 22.4. The maximum absolute atomic E-state index is 12.4. The molecule has 0 fully saturated rings. The van der Waals surface area contributed by atoms with Crippen molar-refractivity contribution in [3.05, 3.63) is 91.4 Å². The smallest absolute Gasteiger partial charge is 0.261 e. The molecular weight excluding hydrogens is 400 g/mol. The molecule has 2 aromatic carbocycles. The van der Waals surface area contributed by atoms with E-state index in [0.717, 1.165) is 5.69 Å². The van der Waals surface area contributed by atoms with Gasteiger partial charge in [-0.25, -0.2) is 23.4 Å². The van der Waals surface area contributed by atoms with E-state index in [1.165, 1.54) is 6.33 Å². The Hall–Kier alpha value is -3.98. The lowest BCUT2D eigenvalue weighted by Crippen LogP contribution is -2.12. The van der Waals surface area contributed by atoms with Gasteiger partial charge < -0.3 is 10.6 Å². The van der Waals surface area contributed by atoms with E-state index in [1.807, 2.05) is 18.2 Å². The van der Waals surface area contributed by atoms with E-state index in [4.69, 9.17) is 0 Å². The molecule has 8 nitrogen and oxygen atoms in total. The van der Waals surface area contributed by atoms with Crippen LogP contribution in [0.15, 0.2) is 96.3 Å². The lowest BCUT2D eigenvalue weighted by atomic mass is 10.3. The van der Waals surface area contributed by atoms with Crippen LogP contribution in [0.2, 0.25) is 0 Å². The van der Waals surface area contributed by atoms with E-state index >= 15 is 0 Å². The molecule has 2 heterocycles. The third-order valence-electron chi connectivity index (χ3n) is 4.05. The van der Waals surface area contributed by atoms with Crippen LogP contribution < -0.4 is 15.4 Å². The van der Waals surface area contributed by atoms with Gasteiger partial charge in [0.25, 0.3) is 10.0 Å². The Bertz CT molecular complexity index is 1220. The molecule has 0 unspecified atom stereocenters. The Labute approximate surface area is 174 Å². The third-order valence-corrected chi connectivity index (χ3v) is 5.45. The van der Waals surface area contributed by atoms with Crippen molar-refractivity contribution in [2.75, 3.05) is 15.4 Å². The number of sulfonamides is 1. The molecule has 30 heavy (non-hydrogen) atoms. The van der Waals surface area contributed by atoms with Gasteiger partial charge in [0.2, 0.25) is 0 Å². The highest BCUT2D eigenvalue weighted by Gasteiger charge is 2.13. The third kappa shape index (κ3) is 4.89. The molecule has 4 aromatic rings. The normalized spacial score (nSPS) is 10.9. The molecule has 0 amide bonds. The molecule has 150 valence electrons. The maximum Gasteiger partial charge on any atom is 0.261 e. The number of rotatable bonds is 7. The number of benzene rings is 2. The van der Waals surface area contributed by atoms with Crippen LogP contribution >= 0.6 is 0 Å². The molecule has 0 aliphatic carbocycles. The Balaban J connectivity index is 1.43. The minimum atomic E-state index is -3.63. The topological polar surface area (TPSA) is 109 Å². The first-order valence-corrected chi connectivity index (χ1v) is 10.5. The van der Waals surface area contributed by atoms with Crippen LogP contribution in [0.25, 0.3) is 0 Å². The van der Waals surface area contributed by atoms with E-state index in [0.29, 0.717) is 23.1 Å². The molecule has 0 aliphatic heterocycles. The summed E-state index contributed by atoms with van der Waals surface area (Å²) >= 11 is 0. The van der Waals surface area contributed by atoms with Gasteiger partial charge in [0.1, 0.15) is 23.8 Å². The molecule has 0 atom stereocenters. The standard InChI is InChI=1S/C21H18N6O2S/c28-30(29,18-6-2-1-3-7-18)27-17-11-9-16(10-12-17)25-20-14-21(24-15-23-20)26-19-8-4-5-13-22-19/h1-15,27H,(H2,22,23,24,25,26). The summed E-state index contributed by atoms with van der Waals surface area (Å²) < 4.78 is 27.4. The highest BCUT2D eigenvalue weighted by atomic mass is 32.2. The van der Waals surface area contributed by atoms with Gasteiger partial charge in [0.15, 0.2) is 0 Å². The van der Waals surface area contributed by atoms with Crippen molar-refractivity contribution in [2.24, 2.45) is 0 Å². The molecule has 4 rings (SSSR count). The molecule has 0 spiro atoms. The van der Waals surface area contributed by atoms with Gasteiger partial charge in [-0.2, -0.15) is 0 Å². The minimum absolute atomic E-state index is 0.209. The summed E-state index contributed by atoms with van der Waals surface area (Å²) in [7, 11) is -3.63. The Morgan fingerprint density at radius 3 is 2.00 bits per heavy atom. The predicted octanol–water partition coefficient (Wildman–Crippen LogP) is 4.16. The number of hydrogen-bond donors (Lipinski definition) is 3. The van der Waals surface area contributed by atoms with Crippen molar-refractivity contribution in [1.29, 1.82) is 0 Å². The summed E-state index contributed by atoms with van der Waals surface area (Å²) in [4.78, 5) is 12.8. The lowest BCUT2D eigenvalue weighted by Gasteiger charge is -2.10. The van der Waals surface area contributed by atoms with Crippen LogP contribution in [-0.4, -0.2) is 23.4 Å². The van der Waals surface area contributed by atoms with Crippen molar-refractivity contribution in [2.45, 2.75) is 4.90 Å².